The van der Waals surface area contributed by atoms with Gasteiger partial charge >= 0.3 is 0 Å². The van der Waals surface area contributed by atoms with Crippen LogP contribution in [0.25, 0.3) is 0 Å². The second-order valence-corrected chi connectivity index (χ2v) is 12.9. The van der Waals surface area contributed by atoms with Crippen LogP contribution < -0.4 is 0 Å². The lowest BCUT2D eigenvalue weighted by Gasteiger charge is -2.23. The van der Waals surface area contributed by atoms with Crippen LogP contribution >= 0.6 is 0 Å². The highest BCUT2D eigenvalue weighted by atomic mass is 16.3. The largest absolute Gasteiger partial charge is 0.507 e. The maximum absolute atomic E-state index is 11.6. The highest BCUT2D eigenvalue weighted by molar-refractivity contribution is 5.95. The Balaban J connectivity index is 2.20. The van der Waals surface area contributed by atoms with Crippen LogP contribution in [0.15, 0.2) is 58.5 Å². The third kappa shape index (κ3) is 6.87. The molecule has 0 heterocycles. The summed E-state index contributed by atoms with van der Waals surface area (Å²) in [5.41, 5.74) is 9.23. The van der Waals surface area contributed by atoms with Gasteiger partial charge in [-0.25, -0.2) is 0 Å². The smallest absolute Gasteiger partial charge is 0.133 e. The SMILES string of the molecule is CC(C)c1cccc(C(C)C)c1N=Cc1ccc(C(C)(C)C)c(C=Nc2c(C(C)C)cccc2C(C)C)c1O. The van der Waals surface area contributed by atoms with Crippen molar-refractivity contribution in [3.63, 3.8) is 0 Å². The number of hydrogen-bond donors (Lipinski definition) is 1. The average Bonchev–Trinajstić information content (AvgIpc) is 2.85. The number of aromatic hydroxyl groups is 1. The van der Waals surface area contributed by atoms with Crippen molar-refractivity contribution >= 4 is 23.8 Å². The van der Waals surface area contributed by atoms with Crippen molar-refractivity contribution < 1.29 is 5.11 Å². The van der Waals surface area contributed by atoms with Crippen LogP contribution in [0.5, 0.6) is 5.75 Å². The fourth-order valence-electron chi connectivity index (χ4n) is 5.10. The zero-order chi connectivity index (χ0) is 29.1. The van der Waals surface area contributed by atoms with E-state index in [1.54, 1.807) is 0 Å². The van der Waals surface area contributed by atoms with Crippen molar-refractivity contribution in [3.05, 3.63) is 87.5 Å². The summed E-state index contributed by atoms with van der Waals surface area (Å²) < 4.78 is 0. The topological polar surface area (TPSA) is 45.0 Å². The van der Waals surface area contributed by atoms with E-state index in [1.807, 2.05) is 18.5 Å². The van der Waals surface area contributed by atoms with Crippen molar-refractivity contribution in [2.45, 2.75) is 105 Å². The first-order valence-corrected chi connectivity index (χ1v) is 14.4. The monoisotopic (exact) mass is 524 g/mol. The van der Waals surface area contributed by atoms with Gasteiger partial charge in [0.1, 0.15) is 5.75 Å². The molecule has 0 spiro atoms. The van der Waals surface area contributed by atoms with E-state index in [0.29, 0.717) is 29.2 Å². The number of phenolic OH excluding ortho intramolecular Hbond substituents is 1. The quantitative estimate of drug-likeness (QED) is 0.293. The van der Waals surface area contributed by atoms with Crippen LogP contribution in [0.1, 0.15) is 139 Å². The minimum atomic E-state index is -0.165. The number of phenols is 1. The molecule has 0 bridgehead atoms. The Labute approximate surface area is 237 Å². The Bertz CT molecular complexity index is 1300. The molecular formula is C36H48N2O. The van der Waals surface area contributed by atoms with Crippen LogP contribution in [-0.2, 0) is 5.41 Å². The van der Waals surface area contributed by atoms with Gasteiger partial charge in [0, 0.05) is 23.6 Å². The van der Waals surface area contributed by atoms with E-state index < -0.39 is 0 Å². The summed E-state index contributed by atoms with van der Waals surface area (Å²) in [4.78, 5) is 10.0. The highest BCUT2D eigenvalue weighted by Crippen LogP contribution is 2.38. The van der Waals surface area contributed by atoms with Gasteiger partial charge in [0.2, 0.25) is 0 Å². The van der Waals surface area contributed by atoms with Crippen LogP contribution in [0.3, 0.4) is 0 Å². The van der Waals surface area contributed by atoms with E-state index in [-0.39, 0.29) is 11.2 Å². The van der Waals surface area contributed by atoms with E-state index in [2.05, 4.69) is 119 Å². The minimum Gasteiger partial charge on any atom is -0.507 e. The molecule has 3 nitrogen and oxygen atoms in total. The van der Waals surface area contributed by atoms with E-state index in [1.165, 1.54) is 22.3 Å². The van der Waals surface area contributed by atoms with Crippen LogP contribution in [-0.4, -0.2) is 17.5 Å². The molecule has 0 radical (unpaired) electrons. The number of benzene rings is 3. The van der Waals surface area contributed by atoms with Crippen molar-refractivity contribution in [3.8, 4) is 5.75 Å². The molecule has 3 aromatic rings. The predicted molar refractivity (Wildman–Crippen MR) is 171 cm³/mol. The average molecular weight is 525 g/mol. The van der Waals surface area contributed by atoms with Crippen LogP contribution in [0.4, 0.5) is 11.4 Å². The number of hydrogen-bond acceptors (Lipinski definition) is 3. The normalized spacial score (nSPS) is 12.8. The summed E-state index contributed by atoms with van der Waals surface area (Å²) in [5, 5.41) is 11.6. The lowest BCUT2D eigenvalue weighted by atomic mass is 9.83. The molecule has 208 valence electrons. The summed E-state index contributed by atoms with van der Waals surface area (Å²) in [7, 11) is 0. The summed E-state index contributed by atoms with van der Waals surface area (Å²) in [6.07, 6.45) is 3.68. The summed E-state index contributed by atoms with van der Waals surface area (Å²) in [6, 6.07) is 17.0. The number of rotatable bonds is 8. The number of nitrogens with zero attached hydrogens (tertiary/aromatic N) is 2. The zero-order valence-corrected chi connectivity index (χ0v) is 25.9. The molecular weight excluding hydrogens is 476 g/mol. The first-order chi connectivity index (χ1) is 18.2. The first-order valence-electron chi connectivity index (χ1n) is 14.4. The standard InChI is InChI=1S/C36H48N2O/c1-22(2)27-14-12-15-28(23(3)4)33(27)37-20-26-18-19-32(36(9,10)11)31(35(26)39)21-38-34-29(24(5)6)16-13-17-30(34)25(7)8/h12-25,39H,1-11H3. The first kappa shape index (κ1) is 30.3. The van der Waals surface area contributed by atoms with E-state index in [9.17, 15) is 5.11 Å². The molecule has 0 saturated carbocycles. The molecule has 0 atom stereocenters. The van der Waals surface area contributed by atoms with Gasteiger partial charge in [-0.3, -0.25) is 9.98 Å². The molecule has 1 N–H and O–H groups in total. The predicted octanol–water partition coefficient (Wildman–Crippen LogP) is 10.7. The zero-order valence-electron chi connectivity index (χ0n) is 25.9. The molecule has 3 heteroatoms. The maximum atomic E-state index is 11.6. The molecule has 0 amide bonds. The van der Waals surface area contributed by atoms with Crippen molar-refractivity contribution in [1.82, 2.24) is 0 Å². The summed E-state index contributed by atoms with van der Waals surface area (Å²) in [5.74, 6) is 1.62. The van der Waals surface area contributed by atoms with Gasteiger partial charge in [-0.2, -0.15) is 0 Å². The molecule has 0 unspecified atom stereocenters. The molecule has 0 aliphatic carbocycles. The summed E-state index contributed by atoms with van der Waals surface area (Å²) in [6.45, 7) is 24.1. The van der Waals surface area contributed by atoms with Crippen molar-refractivity contribution in [2.75, 3.05) is 0 Å². The second-order valence-electron chi connectivity index (χ2n) is 12.9. The van der Waals surface area contributed by atoms with Crippen LogP contribution in [0.2, 0.25) is 0 Å². The summed E-state index contributed by atoms with van der Waals surface area (Å²) >= 11 is 0. The molecule has 0 fully saturated rings. The molecule has 0 aliphatic rings. The van der Waals surface area contributed by atoms with E-state index in [4.69, 9.17) is 9.98 Å². The Morgan fingerprint density at radius 1 is 0.590 bits per heavy atom. The lowest BCUT2D eigenvalue weighted by molar-refractivity contribution is 0.469. The van der Waals surface area contributed by atoms with Crippen LogP contribution in [0, 0.1) is 0 Å². The van der Waals surface area contributed by atoms with Gasteiger partial charge < -0.3 is 5.11 Å². The van der Waals surface area contributed by atoms with Gasteiger partial charge in [-0.05, 0) is 63.0 Å². The molecule has 3 aromatic carbocycles. The molecule has 0 aliphatic heterocycles. The molecule has 0 aromatic heterocycles. The Kier molecular flexibility index (Phi) is 9.59. The van der Waals surface area contributed by atoms with Gasteiger partial charge in [0.05, 0.1) is 11.4 Å². The maximum Gasteiger partial charge on any atom is 0.133 e. The van der Waals surface area contributed by atoms with Gasteiger partial charge in [-0.15, -0.1) is 0 Å². The molecule has 0 saturated heterocycles. The van der Waals surface area contributed by atoms with Gasteiger partial charge in [0.15, 0.2) is 0 Å². The fraction of sp³-hybridized carbons (Fsp3) is 0.444. The second kappa shape index (κ2) is 12.3. The van der Waals surface area contributed by atoms with Gasteiger partial charge in [-0.1, -0.05) is 119 Å². The minimum absolute atomic E-state index is 0.165. The number of para-hydroxylation sites is 2. The third-order valence-corrected chi connectivity index (χ3v) is 7.40. The highest BCUT2D eigenvalue weighted by Gasteiger charge is 2.22. The Morgan fingerprint density at radius 2 is 0.974 bits per heavy atom. The Morgan fingerprint density at radius 3 is 1.33 bits per heavy atom. The Hall–Kier alpha value is -3.20. The van der Waals surface area contributed by atoms with E-state index in [0.717, 1.165) is 22.5 Å². The molecule has 3 rings (SSSR count). The van der Waals surface area contributed by atoms with E-state index >= 15 is 0 Å². The lowest BCUT2D eigenvalue weighted by Crippen LogP contribution is -2.15. The molecule has 39 heavy (non-hydrogen) atoms. The number of aliphatic imine (C=N–C) groups is 2. The van der Waals surface area contributed by atoms with Crippen molar-refractivity contribution in [2.24, 2.45) is 9.98 Å². The third-order valence-electron chi connectivity index (χ3n) is 7.40. The fourth-order valence-corrected chi connectivity index (χ4v) is 5.10. The van der Waals surface area contributed by atoms with Crippen molar-refractivity contribution in [1.29, 1.82) is 0 Å². The van der Waals surface area contributed by atoms with Gasteiger partial charge in [0.25, 0.3) is 0 Å².